The molecule has 0 amide bonds. The van der Waals surface area contributed by atoms with Crippen LogP contribution in [0.1, 0.15) is 84.6 Å². The number of hydrogen-bond acceptors (Lipinski definition) is 9. The summed E-state index contributed by atoms with van der Waals surface area (Å²) in [6.45, 7) is 9.09. The Bertz CT molecular complexity index is 999. The van der Waals surface area contributed by atoms with E-state index in [-0.39, 0.29) is 23.8 Å². The quantitative estimate of drug-likeness (QED) is 0.141. The Hall–Kier alpha value is -3.56. The average molecular weight is 505 g/mol. The normalized spacial score (nSPS) is 15.4. The van der Waals surface area contributed by atoms with E-state index in [9.17, 15) is 19.7 Å². The molecule has 0 aliphatic carbocycles. The van der Waals surface area contributed by atoms with Gasteiger partial charge in [-0.15, -0.1) is 0 Å². The van der Waals surface area contributed by atoms with Crippen LogP contribution in [0.3, 0.4) is 0 Å². The molecule has 1 aromatic rings. The lowest BCUT2D eigenvalue weighted by Gasteiger charge is -2.30. The fourth-order valence-corrected chi connectivity index (χ4v) is 3.81. The third-order valence-electron chi connectivity index (χ3n) is 5.49. The number of carbonyl (C=O) groups excluding carboxylic acids is 2. The molecule has 0 saturated heterocycles. The van der Waals surface area contributed by atoms with E-state index in [0.717, 1.165) is 32.1 Å². The van der Waals surface area contributed by atoms with Crippen LogP contribution in [0.4, 0.5) is 15.3 Å². The molecule has 0 bridgehead atoms. The summed E-state index contributed by atoms with van der Waals surface area (Å²) in [6.07, 6.45) is 3.97. The van der Waals surface area contributed by atoms with Gasteiger partial charge in [0.25, 0.3) is 5.69 Å². The van der Waals surface area contributed by atoms with Gasteiger partial charge in [0.05, 0.1) is 29.0 Å². The number of hydrogen-bond donors (Lipinski definition) is 1. The molecule has 10 nitrogen and oxygen atoms in total. The van der Waals surface area contributed by atoms with Crippen LogP contribution in [0.2, 0.25) is 0 Å². The van der Waals surface area contributed by atoms with Gasteiger partial charge in [-0.25, -0.2) is 9.59 Å². The van der Waals surface area contributed by atoms with E-state index in [4.69, 9.17) is 18.9 Å². The molecule has 0 saturated carbocycles. The van der Waals surface area contributed by atoms with Crippen LogP contribution in [0.15, 0.2) is 47.2 Å². The molecule has 0 aromatic heterocycles. The molecule has 1 heterocycles. The molecule has 1 atom stereocenters. The smallest absolute Gasteiger partial charge is 0.434 e. The molecule has 1 aliphatic heterocycles. The van der Waals surface area contributed by atoms with Crippen molar-refractivity contribution in [1.29, 1.82) is 0 Å². The van der Waals surface area contributed by atoms with Crippen LogP contribution in [0.5, 0.6) is 0 Å². The molecule has 1 aromatic carbocycles. The number of benzene rings is 1. The van der Waals surface area contributed by atoms with E-state index in [2.05, 4.69) is 12.2 Å². The molecule has 10 heteroatoms. The van der Waals surface area contributed by atoms with Crippen molar-refractivity contribution >= 4 is 18.0 Å². The molecular weight excluding hydrogens is 468 g/mol. The first-order chi connectivity index (χ1) is 17.1. The van der Waals surface area contributed by atoms with E-state index in [0.29, 0.717) is 17.0 Å². The molecule has 1 unspecified atom stereocenters. The van der Waals surface area contributed by atoms with Gasteiger partial charge in [-0.05, 0) is 39.7 Å². The van der Waals surface area contributed by atoms with E-state index < -0.39 is 29.3 Å². The number of nitrogens with zero attached hydrogens (tertiary/aromatic N) is 1. The number of nitro groups is 1. The summed E-state index contributed by atoms with van der Waals surface area (Å²) in [7, 11) is 0. The fourth-order valence-electron chi connectivity index (χ4n) is 3.81. The lowest BCUT2D eigenvalue weighted by atomic mass is 9.90. The predicted molar refractivity (Wildman–Crippen MR) is 133 cm³/mol. The minimum Gasteiger partial charge on any atom is -0.434 e. The number of ether oxygens (including phenoxy) is 4. The van der Waals surface area contributed by atoms with Gasteiger partial charge >= 0.3 is 12.3 Å². The van der Waals surface area contributed by atoms with E-state index >= 15 is 0 Å². The molecule has 36 heavy (non-hydrogen) atoms. The topological polar surface area (TPSA) is 126 Å². The number of nitrogens with one attached hydrogen (secondary N) is 1. The SMILES string of the molecule is CCCCCCCCOC(=O)OC1=C(C)NC(C)=C(OC(=O)OC(C)C)C1c1cccc([N+](=O)[O-])c1. The number of rotatable bonds is 12. The van der Waals surface area contributed by atoms with Gasteiger partial charge in [-0.1, -0.05) is 51.2 Å². The zero-order valence-corrected chi connectivity index (χ0v) is 21.6. The number of dihydropyridines is 1. The van der Waals surface area contributed by atoms with Gasteiger partial charge in [0.2, 0.25) is 0 Å². The summed E-state index contributed by atoms with van der Waals surface area (Å²) in [5.41, 5.74) is 1.19. The van der Waals surface area contributed by atoms with Gasteiger partial charge in [0.1, 0.15) is 17.4 Å². The number of carbonyl (C=O) groups is 2. The van der Waals surface area contributed by atoms with Crippen LogP contribution in [-0.4, -0.2) is 29.9 Å². The predicted octanol–water partition coefficient (Wildman–Crippen LogP) is 6.82. The maximum Gasteiger partial charge on any atom is 0.513 e. The maximum atomic E-state index is 12.5. The van der Waals surface area contributed by atoms with Crippen LogP contribution in [-0.2, 0) is 18.9 Å². The molecule has 1 aliphatic rings. The molecule has 0 spiro atoms. The Morgan fingerprint density at radius 1 is 1.00 bits per heavy atom. The number of allylic oxidation sites excluding steroid dienone is 2. The van der Waals surface area contributed by atoms with Crippen molar-refractivity contribution in [2.75, 3.05) is 6.61 Å². The van der Waals surface area contributed by atoms with Crippen molar-refractivity contribution in [2.45, 2.75) is 85.2 Å². The summed E-state index contributed by atoms with van der Waals surface area (Å²) in [6, 6.07) is 5.84. The van der Waals surface area contributed by atoms with Crippen molar-refractivity contribution in [1.82, 2.24) is 5.32 Å². The Labute approximate surface area is 211 Å². The summed E-state index contributed by atoms with van der Waals surface area (Å²) < 4.78 is 21.5. The van der Waals surface area contributed by atoms with Crippen LogP contribution in [0, 0.1) is 10.1 Å². The maximum absolute atomic E-state index is 12.5. The summed E-state index contributed by atoms with van der Waals surface area (Å²) in [5.74, 6) is -0.709. The summed E-state index contributed by atoms with van der Waals surface area (Å²) in [5, 5.41) is 14.4. The fraction of sp³-hybridized carbons (Fsp3) is 0.538. The van der Waals surface area contributed by atoms with Gasteiger partial charge in [-0.3, -0.25) is 10.1 Å². The second-order valence-corrected chi connectivity index (χ2v) is 8.88. The molecule has 0 fully saturated rings. The third-order valence-corrected chi connectivity index (χ3v) is 5.49. The Balaban J connectivity index is 2.26. The molecule has 2 rings (SSSR count). The highest BCUT2D eigenvalue weighted by Gasteiger charge is 2.36. The van der Waals surface area contributed by atoms with Gasteiger partial charge in [0.15, 0.2) is 0 Å². The zero-order valence-electron chi connectivity index (χ0n) is 21.6. The van der Waals surface area contributed by atoms with Gasteiger partial charge in [-0.2, -0.15) is 0 Å². The Kier molecular flexibility index (Phi) is 11.2. The number of non-ortho nitro benzene ring substituents is 1. The second-order valence-electron chi connectivity index (χ2n) is 8.88. The first kappa shape index (κ1) is 28.7. The highest BCUT2D eigenvalue weighted by Crippen LogP contribution is 2.40. The number of unbranched alkanes of at least 4 members (excludes halogenated alkanes) is 5. The monoisotopic (exact) mass is 504 g/mol. The van der Waals surface area contributed by atoms with Gasteiger partial charge < -0.3 is 24.3 Å². The minimum atomic E-state index is -0.943. The lowest BCUT2D eigenvalue weighted by molar-refractivity contribution is -0.384. The third kappa shape index (κ3) is 8.58. The second kappa shape index (κ2) is 14.1. The molecular formula is C26H36N2O8. The first-order valence-corrected chi connectivity index (χ1v) is 12.3. The van der Waals surface area contributed by atoms with E-state index in [1.54, 1.807) is 33.8 Å². The highest BCUT2D eigenvalue weighted by molar-refractivity contribution is 5.65. The van der Waals surface area contributed by atoms with Crippen molar-refractivity contribution < 1.29 is 33.5 Å². The molecule has 0 radical (unpaired) electrons. The molecule has 198 valence electrons. The van der Waals surface area contributed by atoms with Crippen molar-refractivity contribution in [3.63, 3.8) is 0 Å². The standard InChI is InChI=1S/C26H36N2O8/c1-6-7-8-9-10-11-15-33-25(29)35-23-18(4)27-19(5)24(36-26(30)34-17(2)3)22(23)20-13-12-14-21(16-20)28(31)32/h12-14,16-17,22,27H,6-11,15H2,1-5H3. The van der Waals surface area contributed by atoms with Gasteiger partial charge in [0, 0.05) is 12.1 Å². The average Bonchev–Trinajstić information content (AvgIpc) is 2.81. The van der Waals surface area contributed by atoms with Crippen LogP contribution >= 0.6 is 0 Å². The molecule has 1 N–H and O–H groups in total. The van der Waals surface area contributed by atoms with Crippen LogP contribution < -0.4 is 5.32 Å². The lowest BCUT2D eigenvalue weighted by Crippen LogP contribution is -2.29. The van der Waals surface area contributed by atoms with E-state index in [1.807, 2.05) is 0 Å². The summed E-state index contributed by atoms with van der Waals surface area (Å²) in [4.78, 5) is 35.7. The van der Waals surface area contributed by atoms with Crippen molar-refractivity contribution in [3.05, 3.63) is 62.9 Å². The van der Waals surface area contributed by atoms with Crippen molar-refractivity contribution in [2.24, 2.45) is 0 Å². The highest BCUT2D eigenvalue weighted by atomic mass is 16.7. The Morgan fingerprint density at radius 3 is 2.22 bits per heavy atom. The van der Waals surface area contributed by atoms with Crippen molar-refractivity contribution in [3.8, 4) is 0 Å². The Morgan fingerprint density at radius 2 is 1.61 bits per heavy atom. The number of nitro benzene ring substituents is 1. The zero-order chi connectivity index (χ0) is 26.7. The van der Waals surface area contributed by atoms with Crippen LogP contribution in [0.25, 0.3) is 0 Å². The largest absolute Gasteiger partial charge is 0.513 e. The minimum absolute atomic E-state index is 0.102. The first-order valence-electron chi connectivity index (χ1n) is 12.3. The van der Waals surface area contributed by atoms with E-state index in [1.165, 1.54) is 24.6 Å². The summed E-state index contributed by atoms with van der Waals surface area (Å²) >= 11 is 0.